The Labute approximate surface area is 470 Å². The number of amides is 4. The van der Waals surface area contributed by atoms with Gasteiger partial charge in [0.05, 0.1) is 44.7 Å². The van der Waals surface area contributed by atoms with E-state index < -0.39 is 35.7 Å². The smallest absolute Gasteiger partial charge is 0.337 e. The molecule has 12 heterocycles. The number of H-pyrrole nitrogens is 2. The molecule has 0 aliphatic carbocycles. The Morgan fingerprint density at radius 2 is 1.14 bits per heavy atom. The summed E-state index contributed by atoms with van der Waals surface area (Å²) in [7, 11) is 0. The molecule has 406 valence electrons. The first-order chi connectivity index (χ1) is 39.0. The molecule has 0 saturated carbocycles. The highest BCUT2D eigenvalue weighted by Gasteiger charge is 2.38. The van der Waals surface area contributed by atoms with Gasteiger partial charge in [0.15, 0.2) is 6.10 Å². The molecule has 4 amide bonds. The number of aromatic nitrogens is 6. The van der Waals surface area contributed by atoms with E-state index in [1.807, 2.05) is 59.3 Å². The molecule has 0 radical (unpaired) electrons. The van der Waals surface area contributed by atoms with E-state index in [1.54, 1.807) is 66.2 Å². The quantitative estimate of drug-likeness (QED) is 0.0612. The van der Waals surface area contributed by atoms with Crippen molar-refractivity contribution in [3.8, 4) is 0 Å². The number of carboxylic acids is 1. The molecule has 0 spiro atoms. The van der Waals surface area contributed by atoms with Gasteiger partial charge in [-0.3, -0.25) is 39.6 Å². The molecule has 0 unspecified atom stereocenters. The number of piperazine rings is 2. The van der Waals surface area contributed by atoms with Crippen LogP contribution in [0.25, 0.3) is 64.5 Å². The number of anilines is 1. The maximum absolute atomic E-state index is 13.2. The summed E-state index contributed by atoms with van der Waals surface area (Å²) in [4.78, 5) is 95.6. The number of hydrogen-bond acceptors (Lipinski definition) is 16. The predicted molar refractivity (Wildman–Crippen MR) is 310 cm³/mol. The Hall–Kier alpha value is -8.02. The summed E-state index contributed by atoms with van der Waals surface area (Å²) in [5.74, 6) is -2.36. The first-order valence-corrected chi connectivity index (χ1v) is 28.5. The molecule has 4 saturated heterocycles. The third kappa shape index (κ3) is 10.3. The second-order valence-corrected chi connectivity index (χ2v) is 22.2. The molecule has 80 heavy (non-hydrogen) atoms. The summed E-state index contributed by atoms with van der Waals surface area (Å²) in [6.07, 6.45) is 7.40. The lowest BCUT2D eigenvalue weighted by molar-refractivity contribution is -0.147. The lowest BCUT2D eigenvalue weighted by Crippen LogP contribution is -2.50. The zero-order valence-corrected chi connectivity index (χ0v) is 45.3. The molecule has 6 aliphatic rings. The maximum Gasteiger partial charge on any atom is 0.337 e. The van der Waals surface area contributed by atoms with Crippen LogP contribution in [-0.2, 0) is 24.0 Å². The van der Waals surface area contributed by atoms with E-state index in [9.17, 15) is 24.0 Å². The number of carboxylic acid groups (broad SMARTS) is 1. The van der Waals surface area contributed by atoms with Gasteiger partial charge in [0, 0.05) is 96.4 Å². The number of nitrogens with zero attached hydrogens (tertiary/aromatic N) is 7. The number of benzene rings is 3. The van der Waals surface area contributed by atoms with Gasteiger partial charge in [0.2, 0.25) is 11.2 Å². The summed E-state index contributed by atoms with van der Waals surface area (Å²) in [5, 5.41) is 32.8. The van der Waals surface area contributed by atoms with Gasteiger partial charge in [-0.15, -0.1) is 22.7 Å². The van der Waals surface area contributed by atoms with Crippen LogP contribution in [0.4, 0.5) is 5.95 Å². The molecule has 3 atom stereocenters. The third-order valence-corrected chi connectivity index (χ3v) is 17.2. The van der Waals surface area contributed by atoms with Gasteiger partial charge in [0.1, 0.15) is 9.66 Å². The van der Waals surface area contributed by atoms with Crippen molar-refractivity contribution in [1.29, 1.82) is 0 Å². The topological polar surface area (TPSA) is 255 Å². The van der Waals surface area contributed by atoms with Crippen LogP contribution < -0.4 is 20.9 Å². The number of nitrogens with one attached hydrogen (secondary N) is 5. The Morgan fingerprint density at radius 1 is 0.600 bits per heavy atom. The van der Waals surface area contributed by atoms with Crippen LogP contribution >= 0.6 is 34.3 Å². The Balaban J connectivity index is 0.000000121. The van der Waals surface area contributed by atoms with Crippen molar-refractivity contribution >= 4 is 134 Å². The maximum atomic E-state index is 13.2. The summed E-state index contributed by atoms with van der Waals surface area (Å²) in [6, 6.07) is 28.5. The molecule has 6 aliphatic heterocycles. The second-order valence-electron chi connectivity index (χ2n) is 20.0. The monoisotopic (exact) mass is 1130 g/mol. The van der Waals surface area contributed by atoms with Crippen LogP contribution in [0, 0.1) is 0 Å². The summed E-state index contributed by atoms with van der Waals surface area (Å²) < 4.78 is 0. The van der Waals surface area contributed by atoms with Crippen LogP contribution in [0.3, 0.4) is 0 Å². The van der Waals surface area contributed by atoms with E-state index in [1.165, 1.54) is 63.2 Å². The van der Waals surface area contributed by atoms with Gasteiger partial charge in [-0.25, -0.2) is 24.7 Å². The van der Waals surface area contributed by atoms with Crippen molar-refractivity contribution in [3.05, 3.63) is 148 Å². The van der Waals surface area contributed by atoms with E-state index in [0.29, 0.717) is 62.1 Å². The number of rotatable bonds is 7. The van der Waals surface area contributed by atoms with Gasteiger partial charge in [0.25, 0.3) is 23.6 Å². The van der Waals surface area contributed by atoms with Crippen molar-refractivity contribution in [2.24, 2.45) is 0 Å². The van der Waals surface area contributed by atoms with Crippen molar-refractivity contribution in [3.63, 3.8) is 0 Å². The number of carbonyl (C=O) groups excluding carboxylic acids is 4. The highest BCUT2D eigenvalue weighted by molar-refractivity contribution is 7.17. The van der Waals surface area contributed by atoms with Gasteiger partial charge in [-0.05, 0) is 91.0 Å². The zero-order valence-electron chi connectivity index (χ0n) is 42.9. The average Bonchev–Trinajstić information content (AvgIpc) is 4.53. The fraction of sp³-hybridized carbons (Fsp3) is 0.259. The number of fused-ring (bicyclic) bond motifs is 6. The van der Waals surface area contributed by atoms with Crippen molar-refractivity contribution in [2.75, 3.05) is 57.3 Å². The molecule has 15 rings (SSSR count). The van der Waals surface area contributed by atoms with Crippen LogP contribution in [0.2, 0.25) is 5.28 Å². The van der Waals surface area contributed by atoms with E-state index in [-0.39, 0.29) is 10.9 Å². The van der Waals surface area contributed by atoms with Crippen molar-refractivity contribution < 1.29 is 34.2 Å². The van der Waals surface area contributed by atoms with Crippen molar-refractivity contribution in [1.82, 2.24) is 55.7 Å². The molecule has 19 nitrogen and oxygen atoms in total. The number of carbonyl (C=O) groups is 5. The molecule has 3 aromatic carbocycles. The Morgan fingerprint density at radius 3 is 1.74 bits per heavy atom. The normalized spacial score (nSPS) is 19.6. The largest absolute Gasteiger partial charge is 0.479 e. The number of aliphatic carboxylic acids is 1. The number of para-hydroxylation sites is 2. The molecular formula is C58H53ClN12O7S2. The third-order valence-electron chi connectivity index (χ3n) is 15.3. The summed E-state index contributed by atoms with van der Waals surface area (Å²) in [6.45, 7) is 8.95. The lowest BCUT2D eigenvalue weighted by Gasteiger charge is -2.37. The van der Waals surface area contributed by atoms with Gasteiger partial charge in [-0.2, -0.15) is 0 Å². The number of thiophene rings is 2. The highest BCUT2D eigenvalue weighted by atomic mass is 35.5. The number of aromatic amines is 2. The zero-order chi connectivity index (χ0) is 55.0. The molecule has 4 fully saturated rings. The number of hydrogen-bond donors (Lipinski definition) is 7. The highest BCUT2D eigenvalue weighted by Crippen LogP contribution is 2.40. The van der Waals surface area contributed by atoms with Crippen LogP contribution in [0.1, 0.15) is 59.9 Å². The fourth-order valence-corrected chi connectivity index (χ4v) is 13.2. The second kappa shape index (κ2) is 22.6. The average molecular weight is 1130 g/mol. The van der Waals surface area contributed by atoms with Crippen LogP contribution in [-0.4, -0.2) is 144 Å². The molecule has 0 bridgehead atoms. The number of halogens is 1. The van der Waals surface area contributed by atoms with Crippen molar-refractivity contribution in [2.45, 2.75) is 43.9 Å². The van der Waals surface area contributed by atoms with E-state index in [4.69, 9.17) is 31.8 Å². The lowest BCUT2D eigenvalue weighted by atomic mass is 9.97. The fourth-order valence-electron chi connectivity index (χ4n) is 11.5. The van der Waals surface area contributed by atoms with Gasteiger partial charge in [-0.1, -0.05) is 66.7 Å². The number of imide groups is 2. The minimum Gasteiger partial charge on any atom is -0.479 e. The number of aliphatic hydroxyl groups is 1. The van der Waals surface area contributed by atoms with Gasteiger partial charge < -0.3 is 30.4 Å². The molecular weight excluding hydrogens is 1080 g/mol. The molecule has 7 N–H and O–H groups in total. The van der Waals surface area contributed by atoms with Crippen LogP contribution in [0.5, 0.6) is 0 Å². The standard InChI is InChI=1S/C25H22N6O2S.C18H9ClN4O2S.C8H8O3.C7H14N2/c32-22-19(17-12-26-24-15(17)7-11-34-24)20(23(33)29-22)21-16-5-1-2-6-18(16)27-25(28-21)31-10-9-30-8-3-4-14(30)13-31;19-18-21-11-4-2-1-3-9(11)14(22-18)13-12(15(24)23-16(13)25)10-7-20-17-8(10)5-6-26-17;9-7(8(10)11)6-4-2-1-3-5-6;1-2-7-6-8-3-5-9(7)4-1/h1-2,5-7,11-12,14,26H,3-4,8-10,13H2,(H,29,32,33);1-7,20H,(H,23,24,25);1-5,7,9H,(H,10,11);7-8H,1-6H2/t14-;;2*7-/m1.11/s1. The van der Waals surface area contributed by atoms with E-state index in [2.05, 4.69) is 50.6 Å². The van der Waals surface area contributed by atoms with Gasteiger partial charge >= 0.3 is 5.97 Å². The summed E-state index contributed by atoms with van der Waals surface area (Å²) >= 11 is 9.17. The first kappa shape index (κ1) is 52.7. The summed E-state index contributed by atoms with van der Waals surface area (Å²) in [5.41, 5.74) is 5.21. The van der Waals surface area contributed by atoms with E-state index >= 15 is 0 Å². The molecule has 6 aromatic heterocycles. The molecule has 9 aromatic rings. The van der Waals surface area contributed by atoms with E-state index in [0.717, 1.165) is 69.1 Å². The minimum absolute atomic E-state index is 0.0208. The molecule has 22 heteroatoms. The number of aliphatic hydroxyl groups excluding tert-OH is 1. The SMILES string of the molecule is C1C[C@@H]2CNCCN2C1.O=C(O)[C@H](O)c1ccccc1.O=C1NC(=O)C(c2c[nH]c3sccc23)=C1c1nc(Cl)nc2ccccc12.O=C1NC(=O)C(c2c[nH]c3sccc23)=C1c1nc(N2CCN3CCC[C@@H]3C2)nc2ccccc12. The Kier molecular flexibility index (Phi) is 14.9. The predicted octanol–water partition coefficient (Wildman–Crippen LogP) is 7.28. The minimum atomic E-state index is -1.41. The Bertz CT molecular complexity index is 3950. The first-order valence-electron chi connectivity index (χ1n) is 26.4. The van der Waals surface area contributed by atoms with Crippen LogP contribution in [0.15, 0.2) is 114 Å².